The van der Waals surface area contributed by atoms with E-state index in [4.69, 9.17) is 9.47 Å². The number of nitrogens with one attached hydrogen (secondary N) is 1. The lowest BCUT2D eigenvalue weighted by molar-refractivity contribution is 0.0790. The molecular formula is C18H24BrN3O3. The van der Waals surface area contributed by atoms with E-state index in [1.165, 1.54) is 0 Å². The molecule has 25 heavy (non-hydrogen) atoms. The van der Waals surface area contributed by atoms with Gasteiger partial charge in [0.05, 0.1) is 24.4 Å². The second kappa shape index (κ2) is 8.38. The van der Waals surface area contributed by atoms with Crippen molar-refractivity contribution in [2.45, 2.75) is 26.2 Å². The van der Waals surface area contributed by atoms with E-state index in [1.807, 2.05) is 32.0 Å². The van der Waals surface area contributed by atoms with Crippen LogP contribution >= 0.6 is 15.9 Å². The lowest BCUT2D eigenvalue weighted by atomic mass is 10.1. The van der Waals surface area contributed by atoms with Gasteiger partial charge in [0.2, 0.25) is 0 Å². The van der Waals surface area contributed by atoms with Crippen LogP contribution in [-0.2, 0) is 6.42 Å². The fourth-order valence-corrected chi connectivity index (χ4v) is 3.29. The van der Waals surface area contributed by atoms with Crippen molar-refractivity contribution in [3.05, 3.63) is 39.6 Å². The molecule has 2 aromatic rings. The van der Waals surface area contributed by atoms with Crippen LogP contribution in [-0.4, -0.2) is 48.8 Å². The van der Waals surface area contributed by atoms with Crippen LogP contribution in [0, 0.1) is 0 Å². The van der Waals surface area contributed by atoms with Gasteiger partial charge >= 0.3 is 0 Å². The van der Waals surface area contributed by atoms with Crippen molar-refractivity contribution >= 4 is 21.8 Å². The number of rotatable bonds is 7. The van der Waals surface area contributed by atoms with Gasteiger partial charge < -0.3 is 14.4 Å². The molecule has 0 radical (unpaired) electrons. The van der Waals surface area contributed by atoms with Crippen molar-refractivity contribution in [1.82, 2.24) is 15.1 Å². The zero-order valence-corrected chi connectivity index (χ0v) is 16.8. The standard InChI is InChI=1S/C18H24BrN3O3/c1-11(2)16-15(19)17(21-20-16)18(23)22(3)9-8-12-6-7-13(24-4)14(10-12)25-5/h6-7,10-11H,8-9H2,1-5H3,(H,20,21). The zero-order chi connectivity index (χ0) is 18.6. The number of halogens is 1. The lowest BCUT2D eigenvalue weighted by Crippen LogP contribution is -2.29. The molecule has 0 atom stereocenters. The second-order valence-electron chi connectivity index (χ2n) is 6.12. The molecule has 0 bridgehead atoms. The van der Waals surface area contributed by atoms with Crippen LogP contribution in [0.4, 0.5) is 0 Å². The molecule has 1 aromatic heterocycles. The Balaban J connectivity index is 2.05. The molecular weight excluding hydrogens is 386 g/mol. The molecule has 1 heterocycles. The summed E-state index contributed by atoms with van der Waals surface area (Å²) in [5.41, 5.74) is 2.41. The number of hydrogen-bond donors (Lipinski definition) is 1. The SMILES string of the molecule is COc1ccc(CCN(C)C(=O)c2n[nH]c(C(C)C)c2Br)cc1OC. The predicted molar refractivity (Wildman–Crippen MR) is 101 cm³/mol. The number of likely N-dealkylation sites (N-methyl/N-ethyl adjacent to an activating group) is 1. The second-order valence-corrected chi connectivity index (χ2v) is 6.91. The van der Waals surface area contributed by atoms with Crippen LogP contribution in [0.15, 0.2) is 22.7 Å². The van der Waals surface area contributed by atoms with E-state index >= 15 is 0 Å². The van der Waals surface area contributed by atoms with Gasteiger partial charge in [0.1, 0.15) is 0 Å². The molecule has 0 saturated heterocycles. The molecule has 1 amide bonds. The number of benzene rings is 1. The van der Waals surface area contributed by atoms with Gasteiger partial charge in [-0.05, 0) is 46.0 Å². The monoisotopic (exact) mass is 409 g/mol. The molecule has 0 unspecified atom stereocenters. The van der Waals surface area contributed by atoms with Gasteiger partial charge in [0.15, 0.2) is 17.2 Å². The van der Waals surface area contributed by atoms with Gasteiger partial charge in [-0.1, -0.05) is 19.9 Å². The smallest absolute Gasteiger partial charge is 0.275 e. The van der Waals surface area contributed by atoms with Crippen LogP contribution in [0.1, 0.15) is 41.5 Å². The Morgan fingerprint density at radius 2 is 1.96 bits per heavy atom. The topological polar surface area (TPSA) is 67.5 Å². The first-order valence-electron chi connectivity index (χ1n) is 8.09. The van der Waals surface area contributed by atoms with Gasteiger partial charge in [-0.3, -0.25) is 9.89 Å². The molecule has 0 fully saturated rings. The first-order chi connectivity index (χ1) is 11.9. The van der Waals surface area contributed by atoms with Crippen molar-refractivity contribution in [2.75, 3.05) is 27.8 Å². The van der Waals surface area contributed by atoms with E-state index in [1.54, 1.807) is 26.2 Å². The summed E-state index contributed by atoms with van der Waals surface area (Å²) in [5.74, 6) is 1.53. The molecule has 136 valence electrons. The molecule has 2 rings (SSSR count). The van der Waals surface area contributed by atoms with Crippen LogP contribution in [0.3, 0.4) is 0 Å². The summed E-state index contributed by atoms with van der Waals surface area (Å²) in [5, 5.41) is 7.10. The molecule has 0 spiro atoms. The highest BCUT2D eigenvalue weighted by molar-refractivity contribution is 9.10. The molecule has 1 N–H and O–H groups in total. The third kappa shape index (κ3) is 4.34. The number of aromatic amines is 1. The molecule has 1 aromatic carbocycles. The predicted octanol–water partition coefficient (Wildman–Crippen LogP) is 3.63. The fraction of sp³-hybridized carbons (Fsp3) is 0.444. The lowest BCUT2D eigenvalue weighted by Gasteiger charge is -2.17. The average molecular weight is 410 g/mol. The largest absolute Gasteiger partial charge is 0.493 e. The number of nitrogens with zero attached hydrogens (tertiary/aromatic N) is 2. The van der Waals surface area contributed by atoms with Gasteiger partial charge in [-0.15, -0.1) is 0 Å². The molecule has 0 aliphatic heterocycles. The Morgan fingerprint density at radius 3 is 2.52 bits per heavy atom. The highest BCUT2D eigenvalue weighted by Gasteiger charge is 2.22. The molecule has 6 nitrogen and oxygen atoms in total. The summed E-state index contributed by atoms with van der Waals surface area (Å²) in [7, 11) is 5.00. The number of carbonyl (C=O) groups is 1. The van der Waals surface area contributed by atoms with Crippen molar-refractivity contribution in [2.24, 2.45) is 0 Å². The maximum atomic E-state index is 12.6. The van der Waals surface area contributed by atoms with E-state index < -0.39 is 0 Å². The molecule has 7 heteroatoms. The quantitative estimate of drug-likeness (QED) is 0.757. The average Bonchev–Trinajstić information content (AvgIpc) is 3.00. The normalized spacial score (nSPS) is 10.8. The Bertz CT molecular complexity index is 743. The summed E-state index contributed by atoms with van der Waals surface area (Å²) in [6, 6.07) is 5.77. The number of ether oxygens (including phenoxy) is 2. The van der Waals surface area contributed by atoms with Crippen molar-refractivity contribution in [3.63, 3.8) is 0 Å². The number of aromatic nitrogens is 2. The van der Waals surface area contributed by atoms with E-state index in [9.17, 15) is 4.79 Å². The third-order valence-electron chi connectivity index (χ3n) is 4.04. The minimum absolute atomic E-state index is 0.115. The molecule has 0 saturated carbocycles. The van der Waals surface area contributed by atoms with Gasteiger partial charge in [0.25, 0.3) is 5.91 Å². The summed E-state index contributed by atoms with van der Waals surface area (Å²) in [6.07, 6.45) is 0.710. The minimum atomic E-state index is -0.115. The first kappa shape index (κ1) is 19.3. The van der Waals surface area contributed by atoms with Crippen LogP contribution < -0.4 is 9.47 Å². The summed E-state index contributed by atoms with van der Waals surface area (Å²) >= 11 is 3.48. The van der Waals surface area contributed by atoms with Gasteiger partial charge in [-0.25, -0.2) is 0 Å². The third-order valence-corrected chi connectivity index (χ3v) is 4.85. The number of carbonyl (C=O) groups excluding carboxylic acids is 1. The maximum absolute atomic E-state index is 12.6. The number of methoxy groups -OCH3 is 2. The number of amides is 1. The van der Waals surface area contributed by atoms with Gasteiger partial charge in [-0.2, -0.15) is 5.10 Å². The van der Waals surface area contributed by atoms with E-state index in [-0.39, 0.29) is 11.8 Å². The summed E-state index contributed by atoms with van der Waals surface area (Å²) < 4.78 is 11.3. The number of hydrogen-bond acceptors (Lipinski definition) is 4. The molecule has 0 aliphatic rings. The van der Waals surface area contributed by atoms with Crippen molar-refractivity contribution < 1.29 is 14.3 Å². The van der Waals surface area contributed by atoms with Crippen LogP contribution in [0.5, 0.6) is 11.5 Å². The Morgan fingerprint density at radius 1 is 1.28 bits per heavy atom. The van der Waals surface area contributed by atoms with Crippen molar-refractivity contribution in [1.29, 1.82) is 0 Å². The fourth-order valence-electron chi connectivity index (χ4n) is 2.48. The number of H-pyrrole nitrogens is 1. The molecule has 0 aliphatic carbocycles. The van der Waals surface area contributed by atoms with E-state index in [2.05, 4.69) is 26.1 Å². The first-order valence-corrected chi connectivity index (χ1v) is 8.88. The maximum Gasteiger partial charge on any atom is 0.275 e. The summed E-state index contributed by atoms with van der Waals surface area (Å²) in [6.45, 7) is 4.67. The van der Waals surface area contributed by atoms with Gasteiger partial charge in [0, 0.05) is 13.6 Å². The Kier molecular flexibility index (Phi) is 6.47. The van der Waals surface area contributed by atoms with Crippen molar-refractivity contribution in [3.8, 4) is 11.5 Å². The highest BCUT2D eigenvalue weighted by Crippen LogP contribution is 2.28. The highest BCUT2D eigenvalue weighted by atomic mass is 79.9. The van der Waals surface area contributed by atoms with E-state index in [0.717, 1.165) is 15.7 Å². The van der Waals surface area contributed by atoms with E-state index in [0.29, 0.717) is 30.2 Å². The summed E-state index contributed by atoms with van der Waals surface area (Å²) in [4.78, 5) is 14.3. The van der Waals surface area contributed by atoms with Crippen LogP contribution in [0.2, 0.25) is 0 Å². The Hall–Kier alpha value is -2.02. The van der Waals surface area contributed by atoms with Crippen LogP contribution in [0.25, 0.3) is 0 Å². The Labute approximate surface area is 156 Å². The zero-order valence-electron chi connectivity index (χ0n) is 15.2. The minimum Gasteiger partial charge on any atom is -0.493 e.